The summed E-state index contributed by atoms with van der Waals surface area (Å²) in [5, 5.41) is 51.6. The van der Waals surface area contributed by atoms with E-state index in [0.717, 1.165) is 0 Å². The van der Waals surface area contributed by atoms with Crippen molar-refractivity contribution >= 4 is 0 Å². The molecule has 1 aromatic rings. The lowest BCUT2D eigenvalue weighted by atomic mass is 9.99. The van der Waals surface area contributed by atoms with Crippen molar-refractivity contribution in [3.8, 4) is 11.5 Å². The molecule has 1 saturated heterocycles. The zero-order valence-corrected chi connectivity index (χ0v) is 15.4. The van der Waals surface area contributed by atoms with Gasteiger partial charge in [-0.15, -0.1) is 0 Å². The van der Waals surface area contributed by atoms with E-state index in [1.165, 1.54) is 0 Å². The Kier molecular flexibility index (Phi) is 8.24. The average Bonchev–Trinajstić information content (AvgIpc) is 2.66. The maximum absolute atomic E-state index is 9.97. The summed E-state index contributed by atoms with van der Waals surface area (Å²) >= 11 is 0. The quantitative estimate of drug-likeness (QED) is 0.302. The summed E-state index contributed by atoms with van der Waals surface area (Å²) in [4.78, 5) is 0. The first-order valence-corrected chi connectivity index (χ1v) is 8.93. The number of ether oxygens (including phenoxy) is 3. The molecule has 9 nitrogen and oxygen atoms in total. The van der Waals surface area contributed by atoms with E-state index in [4.69, 9.17) is 14.2 Å². The van der Waals surface area contributed by atoms with Gasteiger partial charge in [0, 0.05) is 12.6 Å². The third-order valence-electron chi connectivity index (χ3n) is 4.13. The molecule has 0 amide bonds. The van der Waals surface area contributed by atoms with E-state index in [1.807, 2.05) is 13.8 Å². The molecule has 6 N–H and O–H groups in total. The average molecular weight is 387 g/mol. The van der Waals surface area contributed by atoms with Crippen LogP contribution in [0.1, 0.15) is 13.8 Å². The predicted molar refractivity (Wildman–Crippen MR) is 95.5 cm³/mol. The van der Waals surface area contributed by atoms with Gasteiger partial charge in [0.1, 0.15) is 48.6 Å². The molecule has 1 aliphatic heterocycles. The molecule has 2 rings (SSSR count). The molecule has 0 aromatic heterocycles. The van der Waals surface area contributed by atoms with Crippen LogP contribution in [0.2, 0.25) is 0 Å². The minimum absolute atomic E-state index is 0.132. The van der Waals surface area contributed by atoms with E-state index in [0.29, 0.717) is 18.0 Å². The normalized spacial score (nSPS) is 29.6. The van der Waals surface area contributed by atoms with Crippen LogP contribution < -0.4 is 14.8 Å². The first-order valence-electron chi connectivity index (χ1n) is 8.93. The SMILES string of the molecule is CC(C)NC[C@H](O)COc1ccc(O[C@@H]2O[C@H](CO)[C@@H](O)[C@H](O)[C@H]2O)cc1. The monoisotopic (exact) mass is 387 g/mol. The van der Waals surface area contributed by atoms with Crippen molar-refractivity contribution in [3.05, 3.63) is 24.3 Å². The van der Waals surface area contributed by atoms with Crippen LogP contribution in [0.4, 0.5) is 0 Å². The zero-order chi connectivity index (χ0) is 20.0. The van der Waals surface area contributed by atoms with Crippen LogP contribution >= 0.6 is 0 Å². The first-order chi connectivity index (χ1) is 12.8. The highest BCUT2D eigenvalue weighted by Gasteiger charge is 2.44. The molecule has 1 aromatic carbocycles. The van der Waals surface area contributed by atoms with Gasteiger partial charge in [-0.3, -0.25) is 0 Å². The van der Waals surface area contributed by atoms with Gasteiger partial charge in [-0.25, -0.2) is 0 Å². The van der Waals surface area contributed by atoms with Crippen LogP contribution in [-0.4, -0.2) is 88.1 Å². The summed E-state index contributed by atoms with van der Waals surface area (Å²) in [6.45, 7) is 4.01. The van der Waals surface area contributed by atoms with Crippen molar-refractivity contribution < 1.29 is 39.7 Å². The highest BCUT2D eigenvalue weighted by molar-refractivity contribution is 5.31. The van der Waals surface area contributed by atoms with E-state index >= 15 is 0 Å². The fourth-order valence-corrected chi connectivity index (χ4v) is 2.54. The Bertz CT molecular complexity index is 553. The summed E-state index contributed by atoms with van der Waals surface area (Å²) in [5.74, 6) is 0.869. The van der Waals surface area contributed by atoms with Crippen molar-refractivity contribution in [3.63, 3.8) is 0 Å². The van der Waals surface area contributed by atoms with Gasteiger partial charge >= 0.3 is 0 Å². The molecular weight excluding hydrogens is 358 g/mol. The Labute approximate surface area is 158 Å². The Hall–Kier alpha value is -1.46. The fraction of sp³-hybridized carbons (Fsp3) is 0.667. The molecule has 6 atom stereocenters. The summed E-state index contributed by atoms with van der Waals surface area (Å²) in [7, 11) is 0. The fourth-order valence-electron chi connectivity index (χ4n) is 2.54. The molecule has 154 valence electrons. The smallest absolute Gasteiger partial charge is 0.229 e. The van der Waals surface area contributed by atoms with E-state index in [9.17, 15) is 25.5 Å². The van der Waals surface area contributed by atoms with Crippen molar-refractivity contribution in [2.75, 3.05) is 19.8 Å². The van der Waals surface area contributed by atoms with Gasteiger partial charge in [0.15, 0.2) is 0 Å². The van der Waals surface area contributed by atoms with Gasteiger partial charge in [0.25, 0.3) is 0 Å². The highest BCUT2D eigenvalue weighted by atomic mass is 16.7. The Morgan fingerprint density at radius 3 is 2.26 bits per heavy atom. The number of aliphatic hydroxyl groups excluding tert-OH is 5. The lowest BCUT2D eigenvalue weighted by Crippen LogP contribution is -2.60. The van der Waals surface area contributed by atoms with E-state index in [1.54, 1.807) is 24.3 Å². The van der Waals surface area contributed by atoms with Crippen LogP contribution in [-0.2, 0) is 4.74 Å². The molecule has 0 bridgehead atoms. The molecule has 1 aliphatic rings. The third kappa shape index (κ3) is 6.28. The maximum Gasteiger partial charge on any atom is 0.229 e. The molecular formula is C18H29NO8. The lowest BCUT2D eigenvalue weighted by Gasteiger charge is -2.39. The Balaban J connectivity index is 1.86. The number of aliphatic hydroxyl groups is 5. The zero-order valence-electron chi connectivity index (χ0n) is 15.4. The Morgan fingerprint density at radius 1 is 1.04 bits per heavy atom. The standard InChI is InChI=1S/C18H29NO8/c1-10(2)19-7-11(21)9-25-12-3-5-13(6-4-12)26-18-17(24)16(23)15(22)14(8-20)27-18/h3-6,10-11,14-24H,7-9H2,1-2H3/t11-,14+,15+,16-,17+,18+/m0/s1. The van der Waals surface area contributed by atoms with Crippen LogP contribution in [0.15, 0.2) is 24.3 Å². The van der Waals surface area contributed by atoms with Gasteiger partial charge in [-0.1, -0.05) is 13.8 Å². The molecule has 0 radical (unpaired) electrons. The second-order valence-corrected chi connectivity index (χ2v) is 6.81. The van der Waals surface area contributed by atoms with Crippen molar-refractivity contribution in [1.82, 2.24) is 5.32 Å². The minimum Gasteiger partial charge on any atom is -0.491 e. The van der Waals surface area contributed by atoms with Crippen molar-refractivity contribution in [2.24, 2.45) is 0 Å². The van der Waals surface area contributed by atoms with E-state index in [-0.39, 0.29) is 12.6 Å². The van der Waals surface area contributed by atoms with Crippen molar-refractivity contribution in [1.29, 1.82) is 0 Å². The van der Waals surface area contributed by atoms with E-state index in [2.05, 4.69) is 5.32 Å². The van der Waals surface area contributed by atoms with Crippen LogP contribution in [0.5, 0.6) is 11.5 Å². The van der Waals surface area contributed by atoms with Gasteiger partial charge in [-0.2, -0.15) is 0 Å². The van der Waals surface area contributed by atoms with Crippen molar-refractivity contribution in [2.45, 2.75) is 56.7 Å². The molecule has 0 spiro atoms. The molecule has 0 saturated carbocycles. The maximum atomic E-state index is 9.97. The summed E-state index contributed by atoms with van der Waals surface area (Å²) in [6.07, 6.45) is -7.31. The molecule has 1 fully saturated rings. The second-order valence-electron chi connectivity index (χ2n) is 6.81. The number of rotatable bonds is 9. The number of nitrogens with one attached hydrogen (secondary N) is 1. The molecule has 9 heteroatoms. The largest absolute Gasteiger partial charge is 0.491 e. The topological polar surface area (TPSA) is 141 Å². The lowest BCUT2D eigenvalue weighted by molar-refractivity contribution is -0.277. The number of hydrogen-bond acceptors (Lipinski definition) is 9. The van der Waals surface area contributed by atoms with Gasteiger partial charge in [0.2, 0.25) is 6.29 Å². The van der Waals surface area contributed by atoms with Gasteiger partial charge in [0.05, 0.1) is 6.61 Å². The molecule has 27 heavy (non-hydrogen) atoms. The Morgan fingerprint density at radius 2 is 1.67 bits per heavy atom. The summed E-state index contributed by atoms with van der Waals surface area (Å²) in [5.41, 5.74) is 0. The van der Waals surface area contributed by atoms with Gasteiger partial charge < -0.3 is 45.1 Å². The summed E-state index contributed by atoms with van der Waals surface area (Å²) in [6, 6.07) is 6.69. The molecule has 0 aliphatic carbocycles. The second kappa shape index (κ2) is 10.2. The predicted octanol–water partition coefficient (Wildman–Crippen LogP) is -1.40. The molecule has 0 unspecified atom stereocenters. The van der Waals surface area contributed by atoms with Crippen LogP contribution in [0, 0.1) is 0 Å². The highest BCUT2D eigenvalue weighted by Crippen LogP contribution is 2.25. The minimum atomic E-state index is -1.50. The first kappa shape index (κ1) is 21.8. The van der Waals surface area contributed by atoms with Gasteiger partial charge in [-0.05, 0) is 24.3 Å². The van der Waals surface area contributed by atoms with Crippen LogP contribution in [0.3, 0.4) is 0 Å². The molecule has 1 heterocycles. The summed E-state index contributed by atoms with van der Waals surface area (Å²) < 4.78 is 16.3. The number of hydrogen-bond donors (Lipinski definition) is 6. The number of benzene rings is 1. The van der Waals surface area contributed by atoms with Crippen LogP contribution in [0.25, 0.3) is 0 Å². The van der Waals surface area contributed by atoms with E-state index < -0.39 is 43.4 Å². The third-order valence-corrected chi connectivity index (χ3v) is 4.13.